The lowest BCUT2D eigenvalue weighted by atomic mass is 10.2. The molecule has 0 atom stereocenters. The molecule has 4 rings (SSSR count). The van der Waals surface area contributed by atoms with Crippen molar-refractivity contribution in [2.45, 2.75) is 0 Å². The van der Waals surface area contributed by atoms with Crippen molar-refractivity contribution in [2.24, 2.45) is 0 Å². The summed E-state index contributed by atoms with van der Waals surface area (Å²) in [5, 5.41) is 3.92. The minimum atomic E-state index is -0.421. The third-order valence-electron chi connectivity index (χ3n) is 4.10. The molecule has 4 aromatic rings. The summed E-state index contributed by atoms with van der Waals surface area (Å²) in [7, 11) is 3.19. The van der Waals surface area contributed by atoms with Gasteiger partial charge in [-0.25, -0.2) is 4.39 Å². The molecule has 0 unspecified atom stereocenters. The van der Waals surface area contributed by atoms with Gasteiger partial charge in [0.1, 0.15) is 11.6 Å². The van der Waals surface area contributed by atoms with Crippen LogP contribution in [0.25, 0.3) is 23.1 Å². The van der Waals surface area contributed by atoms with Crippen molar-refractivity contribution < 1.29 is 13.7 Å². The van der Waals surface area contributed by atoms with Gasteiger partial charge in [-0.1, -0.05) is 23.4 Å². The summed E-state index contributed by atoms with van der Waals surface area (Å²) in [6.07, 6.45) is 0. The molecule has 0 aliphatic rings. The number of ether oxygens (including phenoxy) is 1. The lowest BCUT2D eigenvalue weighted by Crippen LogP contribution is -2.16. The van der Waals surface area contributed by atoms with Crippen LogP contribution in [0.15, 0.2) is 53.1 Å². The lowest BCUT2D eigenvalue weighted by molar-refractivity contribution is 0.413. The Kier molecular flexibility index (Phi) is 4.73. The second-order valence-electron chi connectivity index (χ2n) is 5.98. The van der Waals surface area contributed by atoms with E-state index in [1.807, 2.05) is 0 Å². The van der Waals surface area contributed by atoms with Gasteiger partial charge in [0, 0.05) is 12.6 Å². The summed E-state index contributed by atoms with van der Waals surface area (Å²) in [5.41, 5.74) is 6.78. The third kappa shape index (κ3) is 3.68. The number of anilines is 3. The predicted molar refractivity (Wildman–Crippen MR) is 104 cm³/mol. The van der Waals surface area contributed by atoms with Crippen LogP contribution < -0.4 is 15.4 Å². The Morgan fingerprint density at radius 3 is 2.62 bits per heavy atom. The number of nitrogens with two attached hydrogens (primary N) is 1. The first-order chi connectivity index (χ1) is 14.0. The highest BCUT2D eigenvalue weighted by atomic mass is 19.1. The molecule has 9 nitrogen and oxygen atoms in total. The van der Waals surface area contributed by atoms with E-state index in [1.54, 1.807) is 56.6 Å². The normalized spacial score (nSPS) is 10.7. The fraction of sp³-hybridized carbons (Fsp3) is 0.105. The van der Waals surface area contributed by atoms with Gasteiger partial charge in [-0.2, -0.15) is 19.9 Å². The molecule has 10 heteroatoms. The van der Waals surface area contributed by atoms with Gasteiger partial charge in [0.15, 0.2) is 0 Å². The quantitative estimate of drug-likeness (QED) is 0.546. The number of benzene rings is 2. The number of hydrogen-bond donors (Lipinski definition) is 1. The smallest absolute Gasteiger partial charge is 0.258 e. The first kappa shape index (κ1) is 18.3. The van der Waals surface area contributed by atoms with Gasteiger partial charge < -0.3 is 19.9 Å². The number of halogens is 1. The average Bonchev–Trinajstić information content (AvgIpc) is 3.24. The highest BCUT2D eigenvalue weighted by Crippen LogP contribution is 2.27. The molecule has 0 fully saturated rings. The molecule has 2 aromatic carbocycles. The maximum absolute atomic E-state index is 14.1. The van der Waals surface area contributed by atoms with Gasteiger partial charge in [0.25, 0.3) is 5.89 Å². The topological polar surface area (TPSA) is 116 Å². The van der Waals surface area contributed by atoms with Crippen molar-refractivity contribution in [3.8, 4) is 28.9 Å². The molecule has 0 radical (unpaired) electrons. The summed E-state index contributed by atoms with van der Waals surface area (Å²) < 4.78 is 24.6. The zero-order chi connectivity index (χ0) is 20.4. The van der Waals surface area contributed by atoms with E-state index in [0.29, 0.717) is 11.3 Å². The number of nitrogens with zero attached hydrogens (tertiary/aromatic N) is 6. The van der Waals surface area contributed by atoms with E-state index in [-0.39, 0.29) is 35.1 Å². The number of methoxy groups -OCH3 is 1. The monoisotopic (exact) mass is 393 g/mol. The summed E-state index contributed by atoms with van der Waals surface area (Å²) in [6.45, 7) is 0. The molecule has 0 aliphatic heterocycles. The van der Waals surface area contributed by atoms with Crippen molar-refractivity contribution in [2.75, 3.05) is 24.8 Å². The Balaban J connectivity index is 1.70. The van der Waals surface area contributed by atoms with E-state index in [1.165, 1.54) is 11.0 Å². The highest BCUT2D eigenvalue weighted by molar-refractivity contribution is 5.61. The van der Waals surface area contributed by atoms with Crippen molar-refractivity contribution >= 4 is 17.6 Å². The van der Waals surface area contributed by atoms with Crippen LogP contribution in [0.1, 0.15) is 0 Å². The molecule has 146 valence electrons. The fourth-order valence-corrected chi connectivity index (χ4v) is 2.65. The molecule has 2 N–H and O–H groups in total. The van der Waals surface area contributed by atoms with Gasteiger partial charge >= 0.3 is 0 Å². The lowest BCUT2D eigenvalue weighted by Gasteiger charge is -2.17. The van der Waals surface area contributed by atoms with Gasteiger partial charge in [-0.15, -0.1) is 0 Å². The molecule has 0 spiro atoms. The van der Waals surface area contributed by atoms with Crippen LogP contribution in [-0.2, 0) is 0 Å². The Morgan fingerprint density at radius 2 is 1.83 bits per heavy atom. The van der Waals surface area contributed by atoms with Crippen LogP contribution >= 0.6 is 0 Å². The molecule has 2 aromatic heterocycles. The minimum Gasteiger partial charge on any atom is -0.497 e. The molecule has 29 heavy (non-hydrogen) atoms. The maximum atomic E-state index is 14.1. The third-order valence-corrected chi connectivity index (χ3v) is 4.10. The van der Waals surface area contributed by atoms with E-state index in [0.717, 1.165) is 0 Å². The SMILES string of the molecule is COc1cccc(-c2nc(-c3nc(N)nc(N(C)c4ccccc4F)n3)no2)c1. The molecule has 0 aliphatic carbocycles. The van der Waals surface area contributed by atoms with Crippen molar-refractivity contribution in [1.29, 1.82) is 0 Å². The number of para-hydroxylation sites is 1. The van der Waals surface area contributed by atoms with E-state index in [4.69, 9.17) is 15.0 Å². The molecule has 0 saturated heterocycles. The Hall–Kier alpha value is -4.08. The number of hydrogen-bond acceptors (Lipinski definition) is 9. The second-order valence-corrected chi connectivity index (χ2v) is 5.98. The number of nitrogen functional groups attached to an aromatic ring is 1. The van der Waals surface area contributed by atoms with Crippen molar-refractivity contribution in [3.05, 3.63) is 54.3 Å². The Morgan fingerprint density at radius 1 is 1.00 bits per heavy atom. The predicted octanol–water partition coefficient (Wildman–Crippen LogP) is 3.09. The molecular weight excluding hydrogens is 377 g/mol. The van der Waals surface area contributed by atoms with Crippen molar-refractivity contribution in [1.82, 2.24) is 25.1 Å². The van der Waals surface area contributed by atoms with Gasteiger partial charge in [-0.3, -0.25) is 0 Å². The van der Waals surface area contributed by atoms with Crippen LogP contribution in [0.5, 0.6) is 5.75 Å². The summed E-state index contributed by atoms with van der Waals surface area (Å²) >= 11 is 0. The van der Waals surface area contributed by atoms with Gasteiger partial charge in [0.05, 0.1) is 12.8 Å². The summed E-state index contributed by atoms with van der Waals surface area (Å²) in [4.78, 5) is 18.2. The fourth-order valence-electron chi connectivity index (χ4n) is 2.65. The Bertz CT molecular complexity index is 1160. The zero-order valence-electron chi connectivity index (χ0n) is 15.6. The standard InChI is InChI=1S/C19H16FN7O2/c1-27(14-9-4-3-8-13(14)20)19-24-15(23-18(21)25-19)16-22-17(29-26-16)11-6-5-7-12(10-11)28-2/h3-10H,1-2H3,(H2,21,23,24,25). The first-order valence-corrected chi connectivity index (χ1v) is 8.53. The molecule has 0 amide bonds. The van der Waals surface area contributed by atoms with Crippen LogP contribution in [0.4, 0.5) is 22.0 Å². The van der Waals surface area contributed by atoms with Crippen LogP contribution in [-0.4, -0.2) is 39.3 Å². The molecular formula is C19H16FN7O2. The average molecular weight is 393 g/mol. The van der Waals surface area contributed by atoms with Crippen LogP contribution in [0.3, 0.4) is 0 Å². The van der Waals surface area contributed by atoms with Gasteiger partial charge in [-0.05, 0) is 30.3 Å². The van der Waals surface area contributed by atoms with Crippen LogP contribution in [0.2, 0.25) is 0 Å². The van der Waals surface area contributed by atoms with E-state index in [2.05, 4.69) is 25.1 Å². The number of aromatic nitrogens is 5. The first-order valence-electron chi connectivity index (χ1n) is 8.53. The maximum Gasteiger partial charge on any atom is 0.258 e. The van der Waals surface area contributed by atoms with E-state index in [9.17, 15) is 4.39 Å². The minimum absolute atomic E-state index is 0.0547. The Labute approximate surface area is 165 Å². The summed E-state index contributed by atoms with van der Waals surface area (Å²) in [6, 6.07) is 13.4. The van der Waals surface area contributed by atoms with E-state index >= 15 is 0 Å². The summed E-state index contributed by atoms with van der Waals surface area (Å²) in [5.74, 6) is 0.817. The van der Waals surface area contributed by atoms with E-state index < -0.39 is 5.82 Å². The van der Waals surface area contributed by atoms with Gasteiger partial charge in [0.2, 0.25) is 23.5 Å². The molecule has 2 heterocycles. The largest absolute Gasteiger partial charge is 0.497 e. The number of rotatable bonds is 5. The zero-order valence-corrected chi connectivity index (χ0v) is 15.6. The molecule has 0 bridgehead atoms. The molecule has 0 saturated carbocycles. The van der Waals surface area contributed by atoms with Crippen molar-refractivity contribution in [3.63, 3.8) is 0 Å². The van der Waals surface area contributed by atoms with Crippen LogP contribution in [0, 0.1) is 5.82 Å². The second kappa shape index (κ2) is 7.50. The highest BCUT2D eigenvalue weighted by Gasteiger charge is 2.18.